The van der Waals surface area contributed by atoms with Gasteiger partial charge in [-0.25, -0.2) is 9.59 Å². The predicted molar refractivity (Wildman–Crippen MR) is 82.0 cm³/mol. The lowest BCUT2D eigenvalue weighted by Gasteiger charge is -2.16. The molecule has 0 unspecified atom stereocenters. The van der Waals surface area contributed by atoms with Gasteiger partial charge in [-0.2, -0.15) is 0 Å². The van der Waals surface area contributed by atoms with Crippen LogP contribution in [-0.4, -0.2) is 85.2 Å². The quantitative estimate of drug-likeness (QED) is 0.255. The highest BCUT2D eigenvalue weighted by atomic mass is 16.6. The van der Waals surface area contributed by atoms with E-state index < -0.39 is 30.3 Å². The highest BCUT2D eigenvalue weighted by Gasteiger charge is 2.12. The fraction of sp³-hybridized carbons (Fsp3) is 0.600. The Hall–Kier alpha value is -1.78. The van der Waals surface area contributed by atoms with Gasteiger partial charge in [0.25, 0.3) is 0 Å². The van der Waals surface area contributed by atoms with Crippen molar-refractivity contribution in [2.45, 2.75) is 18.3 Å². The maximum Gasteiger partial charge on any atom is 0.330 e. The minimum atomic E-state index is -1.02. The number of hydrogen-bond donors (Lipinski definition) is 3. The summed E-state index contributed by atoms with van der Waals surface area (Å²) in [6, 6.07) is 0. The second-order valence-corrected chi connectivity index (χ2v) is 4.70. The first kappa shape index (κ1) is 22.2. The zero-order valence-electron chi connectivity index (χ0n) is 13.3. The van der Waals surface area contributed by atoms with Crippen LogP contribution in [0.15, 0.2) is 25.3 Å². The molecule has 0 aromatic heterocycles. The van der Waals surface area contributed by atoms with E-state index in [0.29, 0.717) is 0 Å². The molecule has 0 aromatic carbocycles. The minimum Gasteiger partial charge on any atom is -0.460 e. The van der Waals surface area contributed by atoms with Crippen LogP contribution in [0.4, 0.5) is 0 Å². The largest absolute Gasteiger partial charge is 0.460 e. The van der Waals surface area contributed by atoms with E-state index in [4.69, 9.17) is 9.47 Å². The number of ether oxygens (including phenoxy) is 4. The van der Waals surface area contributed by atoms with Gasteiger partial charge >= 0.3 is 11.9 Å². The molecule has 0 aromatic rings. The molecule has 0 bridgehead atoms. The van der Waals surface area contributed by atoms with E-state index >= 15 is 0 Å². The molecule has 0 rings (SSSR count). The van der Waals surface area contributed by atoms with Crippen molar-refractivity contribution in [2.75, 3.05) is 39.6 Å². The van der Waals surface area contributed by atoms with Gasteiger partial charge in [-0.05, 0) is 0 Å². The molecule has 0 amide bonds. The van der Waals surface area contributed by atoms with Gasteiger partial charge in [0.2, 0.25) is 0 Å². The molecule has 0 radical (unpaired) electrons. The summed E-state index contributed by atoms with van der Waals surface area (Å²) in [6.07, 6.45) is -1.08. The lowest BCUT2D eigenvalue weighted by atomic mass is 10.3. The number of carbonyl (C=O) groups excluding carboxylic acids is 2. The lowest BCUT2D eigenvalue weighted by molar-refractivity contribution is -0.142. The van der Waals surface area contributed by atoms with E-state index in [1.54, 1.807) is 0 Å². The normalized spacial score (nSPS) is 13.2. The van der Waals surface area contributed by atoms with Crippen LogP contribution >= 0.6 is 0 Å². The second kappa shape index (κ2) is 13.6. The van der Waals surface area contributed by atoms with E-state index in [-0.39, 0.29) is 39.6 Å². The molecule has 2 atom stereocenters. The monoisotopic (exact) mass is 348 g/mol. The third kappa shape index (κ3) is 12.7. The van der Waals surface area contributed by atoms with Crippen molar-refractivity contribution in [1.29, 1.82) is 0 Å². The van der Waals surface area contributed by atoms with Gasteiger partial charge in [0.15, 0.2) is 0 Å². The van der Waals surface area contributed by atoms with Crippen LogP contribution in [0.1, 0.15) is 0 Å². The Bertz CT molecular complexity index is 360. The molecule has 0 saturated heterocycles. The standard InChI is InChI=1S/C15H24O9/c1-3-14(19)23-9-12(17)7-21-5-11(16)6-22-8-13(18)10-24-15(20)4-2/h3-4,11-13,16-18H,1-2,5-10H2/t12-,13-/m1/s1. The highest BCUT2D eigenvalue weighted by Crippen LogP contribution is 1.95. The molecule has 0 heterocycles. The van der Waals surface area contributed by atoms with Crippen LogP contribution in [0.2, 0.25) is 0 Å². The minimum absolute atomic E-state index is 0.117. The van der Waals surface area contributed by atoms with Crippen molar-refractivity contribution >= 4 is 11.9 Å². The molecule has 24 heavy (non-hydrogen) atoms. The molecular formula is C15H24O9. The van der Waals surface area contributed by atoms with Crippen LogP contribution in [0.5, 0.6) is 0 Å². The van der Waals surface area contributed by atoms with Gasteiger partial charge in [-0.1, -0.05) is 13.2 Å². The van der Waals surface area contributed by atoms with Crippen LogP contribution in [0.3, 0.4) is 0 Å². The van der Waals surface area contributed by atoms with Gasteiger partial charge < -0.3 is 34.3 Å². The average molecular weight is 348 g/mol. The van der Waals surface area contributed by atoms with Crippen molar-refractivity contribution < 1.29 is 43.9 Å². The van der Waals surface area contributed by atoms with Crippen LogP contribution < -0.4 is 0 Å². The maximum absolute atomic E-state index is 10.8. The Morgan fingerprint density at radius 3 is 1.29 bits per heavy atom. The Morgan fingerprint density at radius 2 is 1.00 bits per heavy atom. The molecule has 138 valence electrons. The number of aliphatic hydroxyl groups excluding tert-OH is 3. The number of esters is 2. The van der Waals surface area contributed by atoms with E-state index in [1.165, 1.54) is 0 Å². The topological polar surface area (TPSA) is 132 Å². The summed E-state index contributed by atoms with van der Waals surface area (Å²) in [7, 11) is 0. The molecule has 9 nitrogen and oxygen atoms in total. The smallest absolute Gasteiger partial charge is 0.330 e. The number of carbonyl (C=O) groups is 2. The number of rotatable bonds is 14. The fourth-order valence-electron chi connectivity index (χ4n) is 1.30. The SMILES string of the molecule is C=CC(=O)OC[C@H](O)COCC(O)COC[C@@H](O)COC(=O)C=C. The molecule has 0 aliphatic rings. The fourth-order valence-corrected chi connectivity index (χ4v) is 1.30. The van der Waals surface area contributed by atoms with E-state index in [9.17, 15) is 24.9 Å². The van der Waals surface area contributed by atoms with Crippen molar-refractivity contribution in [2.24, 2.45) is 0 Å². The van der Waals surface area contributed by atoms with Crippen LogP contribution in [0, 0.1) is 0 Å². The average Bonchev–Trinajstić information content (AvgIpc) is 2.57. The highest BCUT2D eigenvalue weighted by molar-refractivity contribution is 5.81. The predicted octanol–water partition coefficient (Wildman–Crippen LogP) is -1.44. The van der Waals surface area contributed by atoms with Crippen molar-refractivity contribution in [3.63, 3.8) is 0 Å². The third-order valence-corrected chi connectivity index (χ3v) is 2.41. The van der Waals surface area contributed by atoms with Gasteiger partial charge in [-0.3, -0.25) is 0 Å². The molecule has 0 aliphatic carbocycles. The Labute approximate surface area is 140 Å². The molecular weight excluding hydrogens is 324 g/mol. The molecule has 0 fully saturated rings. The van der Waals surface area contributed by atoms with Gasteiger partial charge in [0.1, 0.15) is 31.5 Å². The summed E-state index contributed by atoms with van der Waals surface area (Å²) in [6.45, 7) is 5.42. The summed E-state index contributed by atoms with van der Waals surface area (Å²) < 4.78 is 19.3. The first-order valence-corrected chi connectivity index (χ1v) is 7.17. The maximum atomic E-state index is 10.8. The van der Waals surface area contributed by atoms with E-state index in [0.717, 1.165) is 12.2 Å². The summed E-state index contributed by atoms with van der Waals surface area (Å²) in [5, 5.41) is 28.5. The van der Waals surface area contributed by atoms with Gasteiger partial charge in [0, 0.05) is 12.2 Å². The van der Waals surface area contributed by atoms with Crippen molar-refractivity contribution in [1.82, 2.24) is 0 Å². The number of hydrogen-bond acceptors (Lipinski definition) is 9. The molecule has 0 saturated carbocycles. The molecule has 3 N–H and O–H groups in total. The number of aliphatic hydroxyl groups is 3. The molecule has 0 spiro atoms. The lowest BCUT2D eigenvalue weighted by Crippen LogP contribution is -2.30. The Kier molecular flexibility index (Phi) is 12.6. The van der Waals surface area contributed by atoms with Gasteiger partial charge in [0.05, 0.1) is 26.4 Å². The summed E-state index contributed by atoms with van der Waals surface area (Å²) in [4.78, 5) is 21.5. The van der Waals surface area contributed by atoms with Crippen LogP contribution in [-0.2, 0) is 28.5 Å². The third-order valence-electron chi connectivity index (χ3n) is 2.41. The van der Waals surface area contributed by atoms with Crippen LogP contribution in [0.25, 0.3) is 0 Å². The summed E-state index contributed by atoms with van der Waals surface area (Å²) in [5.41, 5.74) is 0. The Morgan fingerprint density at radius 1 is 0.708 bits per heavy atom. The molecule has 0 aliphatic heterocycles. The Balaban J connectivity index is 3.63. The van der Waals surface area contributed by atoms with E-state index in [1.807, 2.05) is 0 Å². The van der Waals surface area contributed by atoms with Gasteiger partial charge in [-0.15, -0.1) is 0 Å². The van der Waals surface area contributed by atoms with Crippen molar-refractivity contribution in [3.8, 4) is 0 Å². The summed E-state index contributed by atoms with van der Waals surface area (Å²) >= 11 is 0. The molecule has 9 heteroatoms. The van der Waals surface area contributed by atoms with E-state index in [2.05, 4.69) is 22.6 Å². The zero-order valence-corrected chi connectivity index (χ0v) is 13.3. The van der Waals surface area contributed by atoms with Crippen molar-refractivity contribution in [3.05, 3.63) is 25.3 Å². The second-order valence-electron chi connectivity index (χ2n) is 4.70. The first-order chi connectivity index (χ1) is 11.4. The summed E-state index contributed by atoms with van der Waals surface area (Å²) in [5.74, 6) is -1.31. The first-order valence-electron chi connectivity index (χ1n) is 7.17. The zero-order chi connectivity index (χ0) is 18.4.